The van der Waals surface area contributed by atoms with E-state index in [0.717, 1.165) is 23.3 Å². The van der Waals surface area contributed by atoms with Crippen molar-refractivity contribution >= 4 is 0 Å². The first-order chi connectivity index (χ1) is 9.73. The molecule has 1 heterocycles. The second-order valence-corrected chi connectivity index (χ2v) is 6.78. The number of nitrogens with two attached hydrogens (primary N) is 1. The summed E-state index contributed by atoms with van der Waals surface area (Å²) in [5, 5.41) is 0. The Balaban J connectivity index is 2.27. The Kier molecular flexibility index (Phi) is 4.32. The van der Waals surface area contributed by atoms with Crippen LogP contribution >= 0.6 is 0 Å². The average molecular weight is 287 g/mol. The zero-order chi connectivity index (χ0) is 15.7. The van der Waals surface area contributed by atoms with Crippen molar-refractivity contribution in [2.24, 2.45) is 5.73 Å². The van der Waals surface area contributed by atoms with Crippen LogP contribution in [-0.2, 0) is 4.74 Å². The number of rotatable bonds is 2. The van der Waals surface area contributed by atoms with Gasteiger partial charge in [-0.25, -0.2) is 0 Å². The summed E-state index contributed by atoms with van der Waals surface area (Å²) in [6.07, 6.45) is 0.867. The van der Waals surface area contributed by atoms with Gasteiger partial charge >= 0.3 is 0 Å². The summed E-state index contributed by atoms with van der Waals surface area (Å²) in [7, 11) is 0. The molecule has 3 nitrogen and oxygen atoms in total. The lowest BCUT2D eigenvalue weighted by molar-refractivity contribution is -0.0846. The van der Waals surface area contributed by atoms with Gasteiger partial charge < -0.3 is 15.2 Å². The maximum Gasteiger partial charge on any atom is 0.135 e. The van der Waals surface area contributed by atoms with Gasteiger partial charge in [-0.1, -0.05) is 17.9 Å². The number of hydrogen-bond donors (Lipinski definition) is 1. The van der Waals surface area contributed by atoms with Crippen LogP contribution in [-0.4, -0.2) is 23.9 Å². The minimum Gasteiger partial charge on any atom is -0.486 e. The fraction of sp³-hybridized carbons (Fsp3) is 0.556. The first kappa shape index (κ1) is 15.9. The predicted octanol–water partition coefficient (Wildman–Crippen LogP) is 3.03. The molecule has 0 aliphatic carbocycles. The zero-order valence-electron chi connectivity index (χ0n) is 13.6. The summed E-state index contributed by atoms with van der Waals surface area (Å²) >= 11 is 0. The van der Waals surface area contributed by atoms with Gasteiger partial charge in [0, 0.05) is 6.42 Å². The quantitative estimate of drug-likeness (QED) is 0.850. The molecule has 114 valence electrons. The molecule has 1 atom stereocenters. The van der Waals surface area contributed by atoms with Crippen molar-refractivity contribution in [3.05, 3.63) is 29.3 Å². The van der Waals surface area contributed by atoms with E-state index in [-0.39, 0.29) is 17.3 Å². The standard InChI is InChI=1S/C18H25NO2/c1-13-8-9-15(14(11-13)7-6-10-19)20-16-12-17(2,3)21-18(16,4)5/h8-9,11,16H,10,12,19H2,1-5H3. The molecule has 0 aromatic heterocycles. The molecule has 1 saturated heterocycles. The van der Waals surface area contributed by atoms with E-state index in [9.17, 15) is 0 Å². The van der Waals surface area contributed by atoms with Crippen molar-refractivity contribution < 1.29 is 9.47 Å². The third kappa shape index (κ3) is 3.78. The van der Waals surface area contributed by atoms with E-state index >= 15 is 0 Å². The van der Waals surface area contributed by atoms with Gasteiger partial charge in [0.2, 0.25) is 0 Å². The maximum atomic E-state index is 6.24. The van der Waals surface area contributed by atoms with Gasteiger partial charge in [-0.15, -0.1) is 0 Å². The Morgan fingerprint density at radius 1 is 1.33 bits per heavy atom. The van der Waals surface area contributed by atoms with Crippen LogP contribution in [0.25, 0.3) is 0 Å². The molecule has 3 heteroatoms. The summed E-state index contributed by atoms with van der Waals surface area (Å²) in [6.45, 7) is 10.7. The molecule has 1 aliphatic rings. The molecule has 0 spiro atoms. The summed E-state index contributed by atoms with van der Waals surface area (Å²) in [6, 6.07) is 6.06. The Hall–Kier alpha value is -1.50. The normalized spacial score (nSPS) is 22.5. The zero-order valence-corrected chi connectivity index (χ0v) is 13.6. The highest BCUT2D eigenvalue weighted by molar-refractivity contribution is 5.48. The predicted molar refractivity (Wildman–Crippen MR) is 85.4 cm³/mol. The summed E-state index contributed by atoms with van der Waals surface area (Å²) in [5.41, 5.74) is 7.04. The third-order valence-electron chi connectivity index (χ3n) is 3.72. The van der Waals surface area contributed by atoms with Crippen LogP contribution in [0.2, 0.25) is 0 Å². The van der Waals surface area contributed by atoms with Crippen molar-refractivity contribution in [1.29, 1.82) is 0 Å². The minimum atomic E-state index is -0.313. The molecule has 1 aliphatic heterocycles. The summed E-state index contributed by atoms with van der Waals surface area (Å²) in [4.78, 5) is 0. The third-order valence-corrected chi connectivity index (χ3v) is 3.72. The van der Waals surface area contributed by atoms with E-state index in [4.69, 9.17) is 15.2 Å². The molecule has 1 unspecified atom stereocenters. The van der Waals surface area contributed by atoms with Crippen LogP contribution in [0.15, 0.2) is 18.2 Å². The van der Waals surface area contributed by atoms with Crippen molar-refractivity contribution in [3.8, 4) is 17.6 Å². The van der Waals surface area contributed by atoms with E-state index in [1.807, 2.05) is 25.1 Å². The van der Waals surface area contributed by atoms with Gasteiger partial charge in [0.05, 0.1) is 17.7 Å². The smallest absolute Gasteiger partial charge is 0.135 e. The van der Waals surface area contributed by atoms with Crippen molar-refractivity contribution in [1.82, 2.24) is 0 Å². The second kappa shape index (κ2) is 5.71. The van der Waals surface area contributed by atoms with Crippen LogP contribution < -0.4 is 10.5 Å². The lowest BCUT2D eigenvalue weighted by atomic mass is 9.97. The molecule has 1 aromatic rings. The molecule has 1 fully saturated rings. The molecule has 2 rings (SSSR count). The summed E-state index contributed by atoms with van der Waals surface area (Å²) in [5.74, 6) is 6.80. The van der Waals surface area contributed by atoms with Crippen molar-refractivity contribution in [3.63, 3.8) is 0 Å². The Labute approximate surface area is 127 Å². The number of aryl methyl sites for hydroxylation is 1. The van der Waals surface area contributed by atoms with Crippen LogP contribution in [0, 0.1) is 18.8 Å². The van der Waals surface area contributed by atoms with Gasteiger partial charge in [0.1, 0.15) is 17.5 Å². The molecule has 21 heavy (non-hydrogen) atoms. The molecule has 0 amide bonds. The van der Waals surface area contributed by atoms with Crippen LogP contribution in [0.5, 0.6) is 5.75 Å². The molecule has 0 radical (unpaired) electrons. The highest BCUT2D eigenvalue weighted by Gasteiger charge is 2.47. The number of hydrogen-bond acceptors (Lipinski definition) is 3. The van der Waals surface area contributed by atoms with Crippen LogP contribution in [0.1, 0.15) is 45.2 Å². The van der Waals surface area contributed by atoms with E-state index < -0.39 is 0 Å². The number of ether oxygens (including phenoxy) is 2. The van der Waals surface area contributed by atoms with Gasteiger partial charge in [-0.3, -0.25) is 0 Å². The number of benzene rings is 1. The van der Waals surface area contributed by atoms with Crippen molar-refractivity contribution in [2.75, 3.05) is 6.54 Å². The fourth-order valence-corrected chi connectivity index (χ4v) is 2.84. The van der Waals surface area contributed by atoms with Gasteiger partial charge in [-0.2, -0.15) is 0 Å². The molecule has 0 saturated carbocycles. The van der Waals surface area contributed by atoms with E-state index in [1.54, 1.807) is 0 Å². The largest absolute Gasteiger partial charge is 0.486 e. The SMILES string of the molecule is Cc1ccc(OC2CC(C)(C)OC2(C)C)c(C#CCN)c1. The average Bonchev–Trinajstić information content (AvgIpc) is 2.57. The molecule has 0 bridgehead atoms. The summed E-state index contributed by atoms with van der Waals surface area (Å²) < 4.78 is 12.3. The molecule has 1 aromatic carbocycles. The molecular weight excluding hydrogens is 262 g/mol. The highest BCUT2D eigenvalue weighted by atomic mass is 16.6. The first-order valence-electron chi connectivity index (χ1n) is 7.40. The Morgan fingerprint density at radius 2 is 2.05 bits per heavy atom. The van der Waals surface area contributed by atoms with Gasteiger partial charge in [-0.05, 0) is 52.3 Å². The lowest BCUT2D eigenvalue weighted by Crippen LogP contribution is -2.36. The topological polar surface area (TPSA) is 44.5 Å². The first-order valence-corrected chi connectivity index (χ1v) is 7.40. The molecule has 2 N–H and O–H groups in total. The Morgan fingerprint density at radius 3 is 2.62 bits per heavy atom. The maximum absolute atomic E-state index is 6.24. The molecular formula is C18H25NO2. The fourth-order valence-electron chi connectivity index (χ4n) is 2.84. The monoisotopic (exact) mass is 287 g/mol. The minimum absolute atomic E-state index is 0.00799. The Bertz CT molecular complexity index is 579. The van der Waals surface area contributed by atoms with Crippen LogP contribution in [0.4, 0.5) is 0 Å². The van der Waals surface area contributed by atoms with Crippen LogP contribution in [0.3, 0.4) is 0 Å². The van der Waals surface area contributed by atoms with E-state index in [1.165, 1.54) is 0 Å². The van der Waals surface area contributed by atoms with E-state index in [0.29, 0.717) is 6.54 Å². The van der Waals surface area contributed by atoms with E-state index in [2.05, 4.69) is 39.5 Å². The second-order valence-electron chi connectivity index (χ2n) is 6.78. The lowest BCUT2D eigenvalue weighted by Gasteiger charge is -2.27. The van der Waals surface area contributed by atoms with Gasteiger partial charge in [0.15, 0.2) is 0 Å². The van der Waals surface area contributed by atoms with Crippen molar-refractivity contribution in [2.45, 2.75) is 58.3 Å². The van der Waals surface area contributed by atoms with Gasteiger partial charge in [0.25, 0.3) is 0 Å². The highest BCUT2D eigenvalue weighted by Crippen LogP contribution is 2.40.